The van der Waals surface area contributed by atoms with E-state index in [2.05, 4.69) is 4.98 Å². The summed E-state index contributed by atoms with van der Waals surface area (Å²) in [4.78, 5) is 5.76. The fourth-order valence-corrected chi connectivity index (χ4v) is 2.96. The largest absolute Gasteiger partial charge is 0.497 e. The lowest BCUT2D eigenvalue weighted by Crippen LogP contribution is -2.25. The van der Waals surface area contributed by atoms with Gasteiger partial charge in [0.05, 0.1) is 24.8 Å². The van der Waals surface area contributed by atoms with Gasteiger partial charge in [0.15, 0.2) is 0 Å². The first kappa shape index (κ1) is 16.6. The number of anilines is 1. The number of rotatable bonds is 3. The molecule has 3 rings (SSSR count). The molecule has 2 atom stereocenters. The Morgan fingerprint density at radius 2 is 2.04 bits per heavy atom. The Labute approximate surface area is 137 Å². The topological polar surface area (TPSA) is 45.6 Å². The minimum atomic E-state index is -4.41. The average Bonchev–Trinajstić information content (AvgIpc) is 2.96. The molecule has 128 valence electrons. The lowest BCUT2D eigenvalue weighted by molar-refractivity contribution is -0.137. The first-order valence-electron chi connectivity index (χ1n) is 7.50. The van der Waals surface area contributed by atoms with Gasteiger partial charge < -0.3 is 14.7 Å². The van der Waals surface area contributed by atoms with Crippen molar-refractivity contribution in [2.75, 3.05) is 18.6 Å². The summed E-state index contributed by atoms with van der Waals surface area (Å²) in [7, 11) is 1.57. The summed E-state index contributed by atoms with van der Waals surface area (Å²) in [5.74, 6) is 1.10. The molecule has 1 aromatic carbocycles. The van der Waals surface area contributed by atoms with Crippen LogP contribution >= 0.6 is 0 Å². The molecule has 0 saturated carbocycles. The number of nitrogens with zero attached hydrogens (tertiary/aromatic N) is 2. The third kappa shape index (κ3) is 3.31. The lowest BCUT2D eigenvalue weighted by atomic mass is 10.0. The molecule has 4 nitrogen and oxygen atoms in total. The van der Waals surface area contributed by atoms with E-state index in [-0.39, 0.29) is 6.04 Å². The summed E-state index contributed by atoms with van der Waals surface area (Å²) in [5, 5.41) is 10.0. The molecule has 0 bridgehead atoms. The number of halogens is 3. The number of methoxy groups -OCH3 is 1. The number of aromatic nitrogens is 1. The molecule has 0 aliphatic carbocycles. The van der Waals surface area contributed by atoms with Gasteiger partial charge in [-0.05, 0) is 36.2 Å². The van der Waals surface area contributed by atoms with Crippen LogP contribution in [0, 0.1) is 0 Å². The smallest absolute Gasteiger partial charge is 0.417 e. The number of aliphatic hydroxyl groups is 1. The summed E-state index contributed by atoms with van der Waals surface area (Å²) >= 11 is 0. The number of aliphatic hydroxyl groups excluding tert-OH is 1. The van der Waals surface area contributed by atoms with Crippen molar-refractivity contribution in [3.05, 3.63) is 53.7 Å². The summed E-state index contributed by atoms with van der Waals surface area (Å²) in [5.41, 5.74) is 0.136. The van der Waals surface area contributed by atoms with Gasteiger partial charge in [0.25, 0.3) is 0 Å². The fourth-order valence-electron chi connectivity index (χ4n) is 2.96. The molecule has 0 radical (unpaired) electrons. The Hall–Kier alpha value is -2.28. The van der Waals surface area contributed by atoms with Crippen molar-refractivity contribution in [3.8, 4) is 5.75 Å². The second-order valence-electron chi connectivity index (χ2n) is 5.74. The maximum Gasteiger partial charge on any atom is 0.417 e. The number of hydrogen-bond donors (Lipinski definition) is 1. The van der Waals surface area contributed by atoms with Gasteiger partial charge in [-0.3, -0.25) is 0 Å². The third-order valence-corrected chi connectivity index (χ3v) is 4.13. The van der Waals surface area contributed by atoms with Gasteiger partial charge in [0, 0.05) is 12.7 Å². The molecule has 1 aromatic heterocycles. The van der Waals surface area contributed by atoms with Crippen LogP contribution in [0.3, 0.4) is 0 Å². The van der Waals surface area contributed by atoms with Crippen molar-refractivity contribution in [1.82, 2.24) is 4.98 Å². The van der Waals surface area contributed by atoms with Gasteiger partial charge >= 0.3 is 6.18 Å². The predicted molar refractivity (Wildman–Crippen MR) is 82.9 cm³/mol. The maximum absolute atomic E-state index is 12.7. The van der Waals surface area contributed by atoms with Gasteiger partial charge in [-0.25, -0.2) is 4.98 Å². The van der Waals surface area contributed by atoms with E-state index < -0.39 is 17.8 Å². The molecule has 0 spiro atoms. The molecule has 1 aliphatic heterocycles. The molecular weight excluding hydrogens is 321 g/mol. The number of β-amino-alcohol motifs (C(OH)–C–C–N with tert-alkyl or cyclic N) is 1. The summed E-state index contributed by atoms with van der Waals surface area (Å²) in [6, 6.07) is 9.61. The van der Waals surface area contributed by atoms with Crippen LogP contribution in [0.2, 0.25) is 0 Å². The molecule has 1 fully saturated rings. The van der Waals surface area contributed by atoms with Gasteiger partial charge in [-0.1, -0.05) is 12.1 Å². The molecule has 1 aliphatic rings. The van der Waals surface area contributed by atoms with Gasteiger partial charge in [-0.2, -0.15) is 13.2 Å². The van der Waals surface area contributed by atoms with Crippen LogP contribution in [0.25, 0.3) is 0 Å². The van der Waals surface area contributed by atoms with Crippen molar-refractivity contribution < 1.29 is 23.0 Å². The first-order chi connectivity index (χ1) is 11.4. The van der Waals surface area contributed by atoms with Crippen molar-refractivity contribution >= 4 is 5.82 Å². The molecule has 24 heavy (non-hydrogen) atoms. The highest BCUT2D eigenvalue weighted by molar-refractivity contribution is 5.46. The monoisotopic (exact) mass is 338 g/mol. The molecule has 1 saturated heterocycles. The van der Waals surface area contributed by atoms with Crippen LogP contribution in [0.15, 0.2) is 42.6 Å². The van der Waals surface area contributed by atoms with E-state index in [4.69, 9.17) is 4.74 Å². The van der Waals surface area contributed by atoms with Gasteiger partial charge in [0.2, 0.25) is 0 Å². The zero-order chi connectivity index (χ0) is 17.3. The van der Waals surface area contributed by atoms with E-state index in [9.17, 15) is 18.3 Å². The van der Waals surface area contributed by atoms with Crippen LogP contribution in [-0.4, -0.2) is 29.8 Å². The van der Waals surface area contributed by atoms with Crippen LogP contribution in [0.5, 0.6) is 5.75 Å². The summed E-state index contributed by atoms with van der Waals surface area (Å²) in [6.07, 6.45) is -3.67. The minimum absolute atomic E-state index is 0.167. The number of hydrogen-bond acceptors (Lipinski definition) is 4. The van der Waals surface area contributed by atoms with Crippen LogP contribution in [-0.2, 0) is 6.18 Å². The Kier molecular flexibility index (Phi) is 4.36. The van der Waals surface area contributed by atoms with E-state index in [0.29, 0.717) is 24.5 Å². The lowest BCUT2D eigenvalue weighted by Gasteiger charge is -2.26. The second-order valence-corrected chi connectivity index (χ2v) is 5.74. The zero-order valence-corrected chi connectivity index (χ0v) is 13.0. The normalized spacial score (nSPS) is 21.1. The zero-order valence-electron chi connectivity index (χ0n) is 13.0. The minimum Gasteiger partial charge on any atom is -0.497 e. The van der Waals surface area contributed by atoms with Gasteiger partial charge in [-0.15, -0.1) is 0 Å². The Morgan fingerprint density at radius 3 is 2.67 bits per heavy atom. The standard InChI is InChI=1S/C17H17F3N2O2/c1-24-14-4-2-3-11(7-14)15-8-13(23)10-22(15)16-6-5-12(9-21-16)17(18,19)20/h2-7,9,13,15,23H,8,10H2,1H3/t13-,15-/m1/s1. The number of benzene rings is 1. The van der Waals surface area contributed by atoms with E-state index in [1.54, 1.807) is 7.11 Å². The van der Waals surface area contributed by atoms with E-state index >= 15 is 0 Å². The van der Waals surface area contributed by atoms with E-state index in [1.807, 2.05) is 29.2 Å². The molecule has 2 heterocycles. The number of ether oxygens (including phenoxy) is 1. The predicted octanol–water partition coefficient (Wildman–Crippen LogP) is 3.42. The first-order valence-corrected chi connectivity index (χ1v) is 7.50. The average molecular weight is 338 g/mol. The van der Waals surface area contributed by atoms with Crippen LogP contribution in [0.4, 0.5) is 19.0 Å². The van der Waals surface area contributed by atoms with Crippen molar-refractivity contribution in [3.63, 3.8) is 0 Å². The molecule has 2 aromatic rings. The number of alkyl halides is 3. The maximum atomic E-state index is 12.7. The highest BCUT2D eigenvalue weighted by atomic mass is 19.4. The fraction of sp³-hybridized carbons (Fsp3) is 0.353. The Bertz CT molecular complexity index is 704. The Morgan fingerprint density at radius 1 is 1.25 bits per heavy atom. The third-order valence-electron chi connectivity index (χ3n) is 4.13. The van der Waals surface area contributed by atoms with Crippen molar-refractivity contribution in [1.29, 1.82) is 0 Å². The molecule has 7 heteroatoms. The van der Waals surface area contributed by atoms with E-state index in [0.717, 1.165) is 17.8 Å². The van der Waals surface area contributed by atoms with E-state index in [1.165, 1.54) is 6.07 Å². The molecule has 0 unspecified atom stereocenters. The van der Waals surface area contributed by atoms with Gasteiger partial charge in [0.1, 0.15) is 11.6 Å². The second kappa shape index (κ2) is 6.32. The van der Waals surface area contributed by atoms with Crippen molar-refractivity contribution in [2.45, 2.75) is 24.7 Å². The quantitative estimate of drug-likeness (QED) is 0.931. The molecule has 1 N–H and O–H groups in total. The SMILES string of the molecule is COc1cccc([C@H]2C[C@@H](O)CN2c2ccc(C(F)(F)F)cn2)c1. The molecular formula is C17H17F3N2O2. The number of pyridine rings is 1. The van der Waals surface area contributed by atoms with Crippen LogP contribution in [0.1, 0.15) is 23.6 Å². The van der Waals surface area contributed by atoms with Crippen molar-refractivity contribution in [2.24, 2.45) is 0 Å². The molecule has 0 amide bonds. The highest BCUT2D eigenvalue weighted by Crippen LogP contribution is 2.37. The summed E-state index contributed by atoms with van der Waals surface area (Å²) < 4.78 is 43.2. The highest BCUT2D eigenvalue weighted by Gasteiger charge is 2.35. The van der Waals surface area contributed by atoms with Crippen LogP contribution < -0.4 is 9.64 Å². The summed E-state index contributed by atoms with van der Waals surface area (Å²) in [6.45, 7) is 0.320. The Balaban J connectivity index is 1.90.